The molecule has 1 aromatic carbocycles. The molecule has 1 aromatic rings. The van der Waals surface area contributed by atoms with Crippen LogP contribution in [-0.4, -0.2) is 12.7 Å². The maximum Gasteiger partial charge on any atom is 0.0850 e. The predicted molar refractivity (Wildman–Crippen MR) is 55.0 cm³/mol. The Morgan fingerprint density at radius 2 is 2.38 bits per heavy atom. The van der Waals surface area contributed by atoms with Crippen molar-refractivity contribution in [2.45, 2.75) is 12.5 Å². The Morgan fingerprint density at radius 3 is 3.00 bits per heavy atom. The zero-order valence-corrected chi connectivity index (χ0v) is 8.05. The largest absolute Gasteiger partial charge is 0.373 e. The van der Waals surface area contributed by atoms with Gasteiger partial charge in [0.15, 0.2) is 0 Å². The summed E-state index contributed by atoms with van der Waals surface area (Å²) in [7, 11) is 0. The first-order valence-corrected chi connectivity index (χ1v) is 4.70. The average Bonchev–Trinajstić information content (AvgIpc) is 2.89. The van der Waals surface area contributed by atoms with Crippen molar-refractivity contribution in [1.29, 1.82) is 0 Å². The number of halogens is 1. The predicted octanol–water partition coefficient (Wildman–Crippen LogP) is 2.92. The van der Waals surface area contributed by atoms with Gasteiger partial charge in [-0.2, -0.15) is 0 Å². The van der Waals surface area contributed by atoms with Gasteiger partial charge >= 0.3 is 0 Å². The van der Waals surface area contributed by atoms with Crippen molar-refractivity contribution in [1.82, 2.24) is 0 Å². The third-order valence-electron chi connectivity index (χ3n) is 2.17. The molecule has 0 spiro atoms. The molecule has 1 heterocycles. The first kappa shape index (κ1) is 8.79. The van der Waals surface area contributed by atoms with Gasteiger partial charge in [-0.1, -0.05) is 30.3 Å². The number of epoxide rings is 1. The van der Waals surface area contributed by atoms with Gasteiger partial charge in [-0.25, -0.2) is 0 Å². The zero-order chi connectivity index (χ0) is 9.26. The number of hydrogen-bond acceptors (Lipinski definition) is 1. The maximum absolute atomic E-state index is 5.90. The van der Waals surface area contributed by atoms with E-state index in [9.17, 15) is 0 Å². The molecule has 1 fully saturated rings. The van der Waals surface area contributed by atoms with Crippen LogP contribution in [0, 0.1) is 0 Å². The second kappa shape index (κ2) is 3.52. The van der Waals surface area contributed by atoms with Crippen LogP contribution < -0.4 is 0 Å². The molecule has 0 radical (unpaired) electrons. The lowest BCUT2D eigenvalue weighted by Gasteiger charge is -2.04. The smallest absolute Gasteiger partial charge is 0.0850 e. The summed E-state index contributed by atoms with van der Waals surface area (Å²) in [4.78, 5) is 0. The normalized spacial score (nSPS) is 19.9. The van der Waals surface area contributed by atoms with Crippen molar-refractivity contribution < 1.29 is 4.74 Å². The molecule has 0 amide bonds. The molecule has 0 aromatic heterocycles. The van der Waals surface area contributed by atoms with Gasteiger partial charge in [0.2, 0.25) is 0 Å². The van der Waals surface area contributed by atoms with Crippen LogP contribution in [0.4, 0.5) is 0 Å². The molecule has 1 aliphatic heterocycles. The molecular weight excluding hydrogens is 184 g/mol. The fraction of sp³-hybridized carbons (Fsp3) is 0.273. The highest BCUT2D eigenvalue weighted by Gasteiger charge is 2.23. The van der Waals surface area contributed by atoms with E-state index in [4.69, 9.17) is 16.3 Å². The lowest BCUT2D eigenvalue weighted by Crippen LogP contribution is -1.95. The SMILES string of the molecule is C=Cc1ccc(Cl)cc1CC1CO1. The van der Waals surface area contributed by atoms with Gasteiger partial charge in [-0.3, -0.25) is 0 Å². The van der Waals surface area contributed by atoms with Crippen LogP contribution in [0.5, 0.6) is 0 Å². The van der Waals surface area contributed by atoms with E-state index in [0.29, 0.717) is 6.10 Å². The molecule has 0 saturated carbocycles. The molecule has 0 bridgehead atoms. The van der Waals surface area contributed by atoms with E-state index >= 15 is 0 Å². The lowest BCUT2D eigenvalue weighted by molar-refractivity contribution is 0.407. The fourth-order valence-corrected chi connectivity index (χ4v) is 1.58. The highest BCUT2D eigenvalue weighted by Crippen LogP contribution is 2.22. The number of ether oxygens (including phenoxy) is 1. The first-order valence-electron chi connectivity index (χ1n) is 4.32. The second-order valence-electron chi connectivity index (χ2n) is 3.21. The van der Waals surface area contributed by atoms with Crippen molar-refractivity contribution in [3.8, 4) is 0 Å². The maximum atomic E-state index is 5.90. The number of rotatable bonds is 3. The summed E-state index contributed by atoms with van der Waals surface area (Å²) >= 11 is 5.90. The van der Waals surface area contributed by atoms with Gasteiger partial charge in [-0.15, -0.1) is 0 Å². The molecule has 0 aliphatic carbocycles. The summed E-state index contributed by atoms with van der Waals surface area (Å²) in [5, 5.41) is 0.779. The highest BCUT2D eigenvalue weighted by atomic mass is 35.5. The van der Waals surface area contributed by atoms with Crippen molar-refractivity contribution in [2.24, 2.45) is 0 Å². The van der Waals surface area contributed by atoms with Gasteiger partial charge < -0.3 is 4.74 Å². The third kappa shape index (κ3) is 2.11. The molecule has 0 N–H and O–H groups in total. The Kier molecular flexibility index (Phi) is 2.38. The van der Waals surface area contributed by atoms with Crippen molar-refractivity contribution in [2.75, 3.05) is 6.61 Å². The van der Waals surface area contributed by atoms with Gasteiger partial charge in [0.05, 0.1) is 12.7 Å². The summed E-state index contributed by atoms with van der Waals surface area (Å²) in [6, 6.07) is 5.86. The van der Waals surface area contributed by atoms with Crippen molar-refractivity contribution >= 4 is 17.7 Å². The molecule has 1 unspecified atom stereocenters. The first-order chi connectivity index (χ1) is 6.29. The Hall–Kier alpha value is -0.790. The topological polar surface area (TPSA) is 12.5 Å². The molecule has 2 heteroatoms. The quantitative estimate of drug-likeness (QED) is 0.675. The molecule has 68 valence electrons. The fourth-order valence-electron chi connectivity index (χ4n) is 1.38. The van der Waals surface area contributed by atoms with Crippen LogP contribution in [0.25, 0.3) is 6.08 Å². The minimum absolute atomic E-state index is 0.400. The monoisotopic (exact) mass is 194 g/mol. The van der Waals surface area contributed by atoms with E-state index in [1.54, 1.807) is 0 Å². The molecule has 13 heavy (non-hydrogen) atoms. The Bertz CT molecular complexity index is 329. The minimum Gasteiger partial charge on any atom is -0.373 e. The summed E-state index contributed by atoms with van der Waals surface area (Å²) in [5.74, 6) is 0. The van der Waals surface area contributed by atoms with Gasteiger partial charge in [-0.05, 0) is 23.3 Å². The van der Waals surface area contributed by atoms with Crippen LogP contribution in [0.1, 0.15) is 11.1 Å². The summed E-state index contributed by atoms with van der Waals surface area (Å²) < 4.78 is 5.17. The van der Waals surface area contributed by atoms with Crippen molar-refractivity contribution in [3.05, 3.63) is 40.9 Å². The minimum atomic E-state index is 0.400. The second-order valence-corrected chi connectivity index (χ2v) is 3.64. The zero-order valence-electron chi connectivity index (χ0n) is 7.29. The van der Waals surface area contributed by atoms with Crippen molar-refractivity contribution in [3.63, 3.8) is 0 Å². The lowest BCUT2D eigenvalue weighted by atomic mass is 10.0. The van der Waals surface area contributed by atoms with Crippen LogP contribution in [0.3, 0.4) is 0 Å². The van der Waals surface area contributed by atoms with Gasteiger partial charge in [0, 0.05) is 11.4 Å². The standard InChI is InChI=1S/C11H11ClO/c1-2-8-3-4-10(12)5-9(8)6-11-7-13-11/h2-5,11H,1,6-7H2. The van der Waals surface area contributed by atoms with Crippen LogP contribution in [-0.2, 0) is 11.2 Å². The van der Waals surface area contributed by atoms with Crippen LogP contribution in [0.2, 0.25) is 5.02 Å². The molecule has 1 aliphatic rings. The highest BCUT2D eigenvalue weighted by molar-refractivity contribution is 6.30. The Morgan fingerprint density at radius 1 is 1.62 bits per heavy atom. The van der Waals surface area contributed by atoms with E-state index in [0.717, 1.165) is 23.6 Å². The number of hydrogen-bond donors (Lipinski definition) is 0. The molecule has 1 saturated heterocycles. The Balaban J connectivity index is 2.27. The summed E-state index contributed by atoms with van der Waals surface area (Å²) in [6.07, 6.45) is 3.20. The summed E-state index contributed by atoms with van der Waals surface area (Å²) in [6.45, 7) is 4.64. The van der Waals surface area contributed by atoms with E-state index < -0.39 is 0 Å². The molecular formula is C11H11ClO. The summed E-state index contributed by atoms with van der Waals surface area (Å²) in [5.41, 5.74) is 2.38. The van der Waals surface area contributed by atoms with E-state index in [1.165, 1.54) is 5.56 Å². The van der Waals surface area contributed by atoms with Gasteiger partial charge in [0.25, 0.3) is 0 Å². The molecule has 1 nitrogen and oxygen atoms in total. The van der Waals surface area contributed by atoms with Gasteiger partial charge in [0.1, 0.15) is 0 Å². The Labute approximate surface area is 83.0 Å². The molecule has 2 rings (SSSR count). The molecule has 1 atom stereocenters. The van der Waals surface area contributed by atoms with Crippen LogP contribution in [0.15, 0.2) is 24.8 Å². The van der Waals surface area contributed by atoms with E-state index in [-0.39, 0.29) is 0 Å². The van der Waals surface area contributed by atoms with Crippen LogP contribution >= 0.6 is 11.6 Å². The van der Waals surface area contributed by atoms with E-state index in [1.807, 2.05) is 24.3 Å². The average molecular weight is 195 g/mol. The third-order valence-corrected chi connectivity index (χ3v) is 2.41. The number of benzene rings is 1. The van der Waals surface area contributed by atoms with E-state index in [2.05, 4.69) is 6.58 Å².